The Labute approximate surface area is 161 Å². The molecule has 148 valence electrons. The second-order valence-electron chi connectivity index (χ2n) is 8.23. The minimum atomic E-state index is -0.278. The van der Waals surface area contributed by atoms with Gasteiger partial charge in [-0.1, -0.05) is 12.5 Å². The Kier molecular flexibility index (Phi) is 5.64. The Hall–Kier alpha value is -1.66. The molecule has 27 heavy (non-hydrogen) atoms. The smallest absolute Gasteiger partial charge is 0.416 e. The van der Waals surface area contributed by atoms with Crippen molar-refractivity contribution in [3.05, 3.63) is 23.9 Å². The quantitative estimate of drug-likeness (QED) is 0.790. The summed E-state index contributed by atoms with van der Waals surface area (Å²) in [6.07, 6.45) is 7.49. The van der Waals surface area contributed by atoms with Crippen molar-refractivity contribution in [2.24, 2.45) is 0 Å². The Balaban J connectivity index is 1.42. The molecule has 0 radical (unpaired) electrons. The fourth-order valence-corrected chi connectivity index (χ4v) is 4.75. The molecule has 2 saturated heterocycles. The van der Waals surface area contributed by atoms with Gasteiger partial charge in [-0.25, -0.2) is 9.78 Å². The fourth-order valence-electron chi connectivity index (χ4n) is 4.75. The number of hydrogen-bond acceptors (Lipinski definition) is 5. The molecule has 4 rings (SSSR count). The largest absolute Gasteiger partial charge is 0.441 e. The van der Waals surface area contributed by atoms with Gasteiger partial charge in [-0.05, 0) is 63.7 Å². The predicted octanol–water partition coefficient (Wildman–Crippen LogP) is 3.57. The zero-order valence-corrected chi connectivity index (χ0v) is 16.4. The summed E-state index contributed by atoms with van der Waals surface area (Å²) < 4.78 is 11.0. The highest BCUT2D eigenvalue weighted by Crippen LogP contribution is 2.38. The van der Waals surface area contributed by atoms with Gasteiger partial charge in [0.25, 0.3) is 0 Å². The maximum atomic E-state index is 12.5. The molecule has 3 heterocycles. The van der Waals surface area contributed by atoms with Gasteiger partial charge in [0.1, 0.15) is 11.4 Å². The lowest BCUT2D eigenvalue weighted by Gasteiger charge is -2.32. The second-order valence-corrected chi connectivity index (χ2v) is 8.23. The summed E-state index contributed by atoms with van der Waals surface area (Å²) in [5, 5.41) is 0. The van der Waals surface area contributed by atoms with Crippen LogP contribution in [0.15, 0.2) is 18.2 Å². The minimum absolute atomic E-state index is 0.226. The van der Waals surface area contributed by atoms with Crippen LogP contribution in [0.2, 0.25) is 0 Å². The Morgan fingerprint density at radius 2 is 2.00 bits per heavy atom. The van der Waals surface area contributed by atoms with Gasteiger partial charge in [-0.3, -0.25) is 4.90 Å². The van der Waals surface area contributed by atoms with E-state index in [1.54, 1.807) is 12.0 Å². The maximum Gasteiger partial charge on any atom is 0.416 e. The van der Waals surface area contributed by atoms with E-state index >= 15 is 0 Å². The number of carbonyl (C=O) groups excluding carboxylic acids is 1. The van der Waals surface area contributed by atoms with Crippen molar-refractivity contribution in [3.8, 4) is 0 Å². The number of likely N-dealkylation sites (tertiary alicyclic amines) is 1. The van der Waals surface area contributed by atoms with E-state index in [4.69, 9.17) is 14.5 Å². The van der Waals surface area contributed by atoms with Crippen LogP contribution in [-0.2, 0) is 9.47 Å². The Bertz CT molecular complexity index is 652. The minimum Gasteiger partial charge on any atom is -0.441 e. The average molecular weight is 373 g/mol. The number of pyridine rings is 1. The van der Waals surface area contributed by atoms with Crippen LogP contribution in [-0.4, -0.2) is 61.5 Å². The monoisotopic (exact) mass is 373 g/mol. The number of methoxy groups -OCH3 is 1. The molecule has 1 amide bonds. The van der Waals surface area contributed by atoms with E-state index in [-0.39, 0.29) is 11.7 Å². The number of amides is 1. The summed E-state index contributed by atoms with van der Waals surface area (Å²) in [7, 11) is 1.75. The summed E-state index contributed by atoms with van der Waals surface area (Å²) in [4.78, 5) is 21.6. The molecule has 1 saturated carbocycles. The van der Waals surface area contributed by atoms with Crippen molar-refractivity contribution in [1.29, 1.82) is 0 Å². The van der Waals surface area contributed by atoms with Crippen LogP contribution in [0.1, 0.15) is 56.6 Å². The standard InChI is InChI=1S/C21H31N3O3/c1-26-15-14-23-12-8-17(9-13-23)18-6-5-7-19(22-18)24-16-21(27-20(24)25)10-3-2-4-11-21/h5-7,17H,2-4,8-16H2,1H3. The molecule has 6 heteroatoms. The molecule has 1 spiro atoms. The molecule has 0 unspecified atom stereocenters. The van der Waals surface area contributed by atoms with E-state index < -0.39 is 0 Å². The van der Waals surface area contributed by atoms with Crippen molar-refractivity contribution in [1.82, 2.24) is 9.88 Å². The van der Waals surface area contributed by atoms with Gasteiger partial charge >= 0.3 is 6.09 Å². The SMILES string of the molecule is COCCN1CCC(c2cccc(N3CC4(CCCCC4)OC3=O)n2)CC1. The van der Waals surface area contributed by atoms with Gasteiger partial charge in [0.2, 0.25) is 0 Å². The van der Waals surface area contributed by atoms with E-state index in [9.17, 15) is 4.79 Å². The molecule has 3 fully saturated rings. The van der Waals surface area contributed by atoms with Crippen LogP contribution >= 0.6 is 0 Å². The normalized spacial score (nSPS) is 23.7. The average Bonchev–Trinajstić information content (AvgIpc) is 3.03. The Morgan fingerprint density at radius 1 is 1.22 bits per heavy atom. The number of piperidine rings is 1. The van der Waals surface area contributed by atoms with Crippen LogP contribution in [0.4, 0.5) is 10.6 Å². The molecule has 0 atom stereocenters. The highest BCUT2D eigenvalue weighted by Gasteiger charge is 2.46. The number of ether oxygens (including phenoxy) is 2. The molecule has 3 aliphatic rings. The number of anilines is 1. The van der Waals surface area contributed by atoms with E-state index in [0.29, 0.717) is 12.5 Å². The highest BCUT2D eigenvalue weighted by atomic mass is 16.6. The fraction of sp³-hybridized carbons (Fsp3) is 0.714. The molecule has 0 bridgehead atoms. The molecule has 0 N–H and O–H groups in total. The molecule has 2 aliphatic heterocycles. The zero-order chi connectivity index (χ0) is 18.7. The highest BCUT2D eigenvalue weighted by molar-refractivity contribution is 5.89. The van der Waals surface area contributed by atoms with Crippen molar-refractivity contribution in [2.75, 3.05) is 44.8 Å². The van der Waals surface area contributed by atoms with Crippen LogP contribution in [0.5, 0.6) is 0 Å². The molecule has 1 aromatic heterocycles. The molecular formula is C21H31N3O3. The first kappa shape index (κ1) is 18.7. The molecule has 6 nitrogen and oxygen atoms in total. The number of nitrogens with zero attached hydrogens (tertiary/aromatic N) is 3. The van der Waals surface area contributed by atoms with Crippen molar-refractivity contribution in [3.63, 3.8) is 0 Å². The first-order valence-corrected chi connectivity index (χ1v) is 10.4. The van der Waals surface area contributed by atoms with Gasteiger partial charge in [-0.15, -0.1) is 0 Å². The second kappa shape index (κ2) is 8.15. The topological polar surface area (TPSA) is 54.9 Å². The molecule has 0 aromatic carbocycles. The molecular weight excluding hydrogens is 342 g/mol. The van der Waals surface area contributed by atoms with Crippen molar-refractivity contribution in [2.45, 2.75) is 56.5 Å². The number of rotatable bonds is 5. The molecule has 1 aromatic rings. The number of hydrogen-bond donors (Lipinski definition) is 0. The van der Waals surface area contributed by atoms with Crippen LogP contribution in [0.25, 0.3) is 0 Å². The first-order chi connectivity index (χ1) is 13.2. The number of carbonyl (C=O) groups is 1. The lowest BCUT2D eigenvalue weighted by atomic mass is 9.85. The zero-order valence-electron chi connectivity index (χ0n) is 16.4. The molecule has 1 aliphatic carbocycles. The summed E-state index contributed by atoms with van der Waals surface area (Å²) >= 11 is 0. The van der Waals surface area contributed by atoms with Gasteiger partial charge in [0.05, 0.1) is 13.2 Å². The summed E-state index contributed by atoms with van der Waals surface area (Å²) in [5.41, 5.74) is 0.830. The van der Waals surface area contributed by atoms with Gasteiger partial charge in [-0.2, -0.15) is 0 Å². The van der Waals surface area contributed by atoms with Crippen molar-refractivity contribution < 1.29 is 14.3 Å². The van der Waals surface area contributed by atoms with Crippen LogP contribution < -0.4 is 4.90 Å². The van der Waals surface area contributed by atoms with Crippen LogP contribution in [0.3, 0.4) is 0 Å². The van der Waals surface area contributed by atoms with Gasteiger partial charge in [0.15, 0.2) is 0 Å². The summed E-state index contributed by atoms with van der Waals surface area (Å²) in [5.74, 6) is 1.22. The van der Waals surface area contributed by atoms with Gasteiger partial charge < -0.3 is 14.4 Å². The van der Waals surface area contributed by atoms with E-state index in [1.165, 1.54) is 6.42 Å². The van der Waals surface area contributed by atoms with Gasteiger partial charge in [0, 0.05) is 25.3 Å². The van der Waals surface area contributed by atoms with Crippen molar-refractivity contribution >= 4 is 11.9 Å². The van der Waals surface area contributed by atoms with E-state index in [0.717, 1.165) is 76.3 Å². The third-order valence-electron chi connectivity index (χ3n) is 6.39. The maximum absolute atomic E-state index is 12.5. The van der Waals surface area contributed by atoms with E-state index in [1.807, 2.05) is 12.1 Å². The van der Waals surface area contributed by atoms with E-state index in [2.05, 4.69) is 11.0 Å². The summed E-state index contributed by atoms with van der Waals surface area (Å²) in [6.45, 7) is 4.59. The predicted molar refractivity (Wildman–Crippen MR) is 104 cm³/mol. The third-order valence-corrected chi connectivity index (χ3v) is 6.39. The lowest BCUT2D eigenvalue weighted by Crippen LogP contribution is -2.37. The first-order valence-electron chi connectivity index (χ1n) is 10.4. The third kappa shape index (κ3) is 4.11. The summed E-state index contributed by atoms with van der Waals surface area (Å²) in [6, 6.07) is 6.09. The lowest BCUT2D eigenvalue weighted by molar-refractivity contribution is 0.0260. The number of aromatic nitrogens is 1. The Morgan fingerprint density at radius 3 is 2.74 bits per heavy atom. The van der Waals surface area contributed by atoms with Crippen LogP contribution in [0, 0.1) is 0 Å².